The maximum atomic E-state index is 13.1. The van der Waals surface area contributed by atoms with Crippen molar-refractivity contribution in [2.45, 2.75) is 416 Å². The number of unbranched alkanes of at least 4 members (excludes halogenated alkanes) is 47. The van der Waals surface area contributed by atoms with Gasteiger partial charge < -0.3 is 45.1 Å². The molecule has 532 valence electrons. The molecule has 0 bridgehead atoms. The molecule has 1 fully saturated rings. The fourth-order valence-corrected chi connectivity index (χ4v) is 12.2. The maximum Gasteiger partial charge on any atom is 0.305 e. The predicted octanol–water partition coefficient (Wildman–Crippen LogP) is 20.9. The highest BCUT2D eigenvalue weighted by Crippen LogP contribution is 2.23. The first-order valence-electron chi connectivity index (χ1n) is 39.1. The number of rotatable bonds is 69. The number of esters is 1. The summed E-state index contributed by atoms with van der Waals surface area (Å²) in [5.41, 5.74) is 0. The van der Waals surface area contributed by atoms with Gasteiger partial charge in [0.1, 0.15) is 24.4 Å². The molecule has 0 radical (unpaired) electrons. The Bertz CT molecular complexity index is 1700. The lowest BCUT2D eigenvalue weighted by molar-refractivity contribution is -0.302. The van der Waals surface area contributed by atoms with Crippen molar-refractivity contribution in [2.75, 3.05) is 19.8 Å². The molecule has 1 aliphatic heterocycles. The molecule has 0 aliphatic carbocycles. The van der Waals surface area contributed by atoms with Gasteiger partial charge in [0, 0.05) is 12.8 Å². The lowest BCUT2D eigenvalue weighted by atomic mass is 9.99. The first-order chi connectivity index (χ1) is 44.7. The Balaban J connectivity index is 1.94. The zero-order valence-electron chi connectivity index (χ0n) is 59.3. The minimum atomic E-state index is -1.58. The molecule has 1 aliphatic rings. The number of hydrogen-bond donors (Lipinski definition) is 6. The van der Waals surface area contributed by atoms with Crippen molar-refractivity contribution in [3.8, 4) is 0 Å². The highest BCUT2D eigenvalue weighted by molar-refractivity contribution is 5.76. The molecule has 1 saturated heterocycles. The Kier molecular flexibility index (Phi) is 65.2. The Hall–Kier alpha value is -2.64. The van der Waals surface area contributed by atoms with Gasteiger partial charge in [-0.3, -0.25) is 9.59 Å². The van der Waals surface area contributed by atoms with E-state index in [9.17, 15) is 35.1 Å². The third-order valence-corrected chi connectivity index (χ3v) is 18.3. The largest absolute Gasteiger partial charge is 0.466 e. The molecular weight excluding hydrogens is 1130 g/mol. The Morgan fingerprint density at radius 2 is 0.747 bits per heavy atom. The normalized spacial score (nSPS) is 17.9. The lowest BCUT2D eigenvalue weighted by Crippen LogP contribution is -2.60. The van der Waals surface area contributed by atoms with Gasteiger partial charge in [-0.1, -0.05) is 319 Å². The predicted molar refractivity (Wildman–Crippen MR) is 384 cm³/mol. The van der Waals surface area contributed by atoms with Crippen molar-refractivity contribution in [1.29, 1.82) is 0 Å². The zero-order chi connectivity index (χ0) is 65.8. The van der Waals surface area contributed by atoms with Crippen LogP contribution in [0.4, 0.5) is 0 Å². The number of aliphatic hydroxyl groups is 5. The fraction of sp³-hybridized carbons (Fsp3) is 0.850. The van der Waals surface area contributed by atoms with E-state index < -0.39 is 49.5 Å². The van der Waals surface area contributed by atoms with E-state index in [0.29, 0.717) is 19.4 Å². The quantitative estimate of drug-likeness (QED) is 0.0195. The Morgan fingerprint density at radius 1 is 0.407 bits per heavy atom. The third-order valence-electron chi connectivity index (χ3n) is 18.3. The molecule has 1 amide bonds. The second kappa shape index (κ2) is 68.7. The van der Waals surface area contributed by atoms with Crippen LogP contribution in [0.25, 0.3) is 0 Å². The molecule has 0 aromatic heterocycles. The molecule has 11 nitrogen and oxygen atoms in total. The number of carbonyl (C=O) groups is 2. The Morgan fingerprint density at radius 3 is 1.18 bits per heavy atom. The summed E-state index contributed by atoms with van der Waals surface area (Å²) < 4.78 is 16.7. The van der Waals surface area contributed by atoms with Crippen molar-refractivity contribution in [3.63, 3.8) is 0 Å². The number of aliphatic hydroxyl groups excluding tert-OH is 5. The van der Waals surface area contributed by atoms with Gasteiger partial charge in [0.2, 0.25) is 5.91 Å². The molecule has 7 atom stereocenters. The van der Waals surface area contributed by atoms with Crippen molar-refractivity contribution < 1.29 is 49.3 Å². The van der Waals surface area contributed by atoms with Crippen LogP contribution >= 0.6 is 0 Å². The zero-order valence-corrected chi connectivity index (χ0v) is 59.3. The van der Waals surface area contributed by atoms with E-state index in [4.69, 9.17) is 14.2 Å². The van der Waals surface area contributed by atoms with Crippen molar-refractivity contribution in [3.05, 3.63) is 60.8 Å². The smallest absolute Gasteiger partial charge is 0.305 e. The first kappa shape index (κ1) is 86.4. The maximum absolute atomic E-state index is 13.1. The van der Waals surface area contributed by atoms with Crippen molar-refractivity contribution >= 4 is 11.9 Å². The highest BCUT2D eigenvalue weighted by atomic mass is 16.7. The van der Waals surface area contributed by atoms with Crippen LogP contribution in [0.5, 0.6) is 0 Å². The van der Waals surface area contributed by atoms with Gasteiger partial charge in [-0.25, -0.2) is 0 Å². The van der Waals surface area contributed by atoms with Crippen LogP contribution in [-0.4, -0.2) is 100 Å². The van der Waals surface area contributed by atoms with Gasteiger partial charge in [0.15, 0.2) is 6.29 Å². The van der Waals surface area contributed by atoms with Gasteiger partial charge in [-0.15, -0.1) is 0 Å². The molecule has 1 rings (SSSR count). The molecule has 0 aromatic rings. The van der Waals surface area contributed by atoms with Gasteiger partial charge in [-0.2, -0.15) is 0 Å². The number of nitrogens with one attached hydrogen (secondary N) is 1. The van der Waals surface area contributed by atoms with E-state index in [2.05, 4.69) is 67.8 Å². The number of hydrogen-bond acceptors (Lipinski definition) is 10. The van der Waals surface area contributed by atoms with Crippen LogP contribution in [-0.2, 0) is 23.8 Å². The number of ether oxygens (including phenoxy) is 3. The van der Waals surface area contributed by atoms with E-state index in [0.717, 1.165) is 64.2 Å². The van der Waals surface area contributed by atoms with Crippen LogP contribution in [0.3, 0.4) is 0 Å². The molecule has 11 heteroatoms. The number of amides is 1. The average molecular weight is 1280 g/mol. The van der Waals surface area contributed by atoms with E-state index in [-0.39, 0.29) is 18.5 Å². The minimum absolute atomic E-state index is 0.00230. The summed E-state index contributed by atoms with van der Waals surface area (Å²) in [6, 6.07) is -0.827. The van der Waals surface area contributed by atoms with E-state index >= 15 is 0 Å². The molecule has 0 spiro atoms. The fourth-order valence-electron chi connectivity index (χ4n) is 12.2. The number of carbonyl (C=O) groups excluding carboxylic acids is 2. The Labute approximate surface area is 560 Å². The third kappa shape index (κ3) is 57.3. The SMILES string of the molecule is CCCCC/C=C\CCCCCCCC(=O)OCCCCCCCCCCCCCCC/C=C\C/C=C\CCCCCCCCCCCCCCCCCCCC(=O)NC(COC1OC(CO)C(O)C(O)C1O)C(O)/C=C/CC/C=C/CCCCCCCCCC. The minimum Gasteiger partial charge on any atom is -0.466 e. The molecular formula is C80H147NO10. The van der Waals surface area contributed by atoms with Crippen LogP contribution in [0.2, 0.25) is 0 Å². The van der Waals surface area contributed by atoms with E-state index in [1.54, 1.807) is 6.08 Å². The lowest BCUT2D eigenvalue weighted by Gasteiger charge is -2.40. The van der Waals surface area contributed by atoms with Gasteiger partial charge in [-0.05, 0) is 103 Å². The summed E-state index contributed by atoms with van der Waals surface area (Å²) in [7, 11) is 0. The van der Waals surface area contributed by atoms with Gasteiger partial charge in [0.25, 0.3) is 0 Å². The standard InChI is InChI=1S/C80H147NO10/c1-3-5-7-9-11-13-15-17-43-46-50-54-58-62-66-73(83)72(71-90-80-79(88)78(87)77(86)74(70-82)91-80)81-75(84)67-63-59-55-51-47-44-41-39-37-35-33-31-29-27-25-23-21-19-18-20-22-24-26-28-30-32-34-36-38-40-42-45-49-53-57-61-65-69-89-76(85)68-64-60-56-52-48-16-14-12-10-8-6-4-2/h12,14,18,20,24,26,46,50,62,66,72-74,77-80,82-83,86-88H,3-11,13,15-17,19,21-23,25,27-45,47-49,51-61,63-65,67-71H2,1-2H3,(H,81,84)/b14-12-,20-18-,26-24-,50-46+,66-62+. The van der Waals surface area contributed by atoms with Crippen LogP contribution < -0.4 is 5.32 Å². The summed E-state index contributed by atoms with van der Waals surface area (Å²) in [6.07, 6.45) is 82.4. The highest BCUT2D eigenvalue weighted by Gasteiger charge is 2.44. The molecule has 91 heavy (non-hydrogen) atoms. The second-order valence-electron chi connectivity index (χ2n) is 27.0. The summed E-state index contributed by atoms with van der Waals surface area (Å²) >= 11 is 0. The first-order valence-corrected chi connectivity index (χ1v) is 39.1. The van der Waals surface area contributed by atoms with Crippen LogP contribution in [0.1, 0.15) is 373 Å². The topological polar surface area (TPSA) is 175 Å². The van der Waals surface area contributed by atoms with E-state index in [1.165, 1.54) is 283 Å². The van der Waals surface area contributed by atoms with Crippen LogP contribution in [0, 0.1) is 0 Å². The number of allylic oxidation sites excluding steroid dienone is 9. The summed E-state index contributed by atoms with van der Waals surface area (Å²) in [4.78, 5) is 25.1. The van der Waals surface area contributed by atoms with Crippen LogP contribution in [0.15, 0.2) is 60.8 Å². The van der Waals surface area contributed by atoms with Crippen molar-refractivity contribution in [1.82, 2.24) is 5.32 Å². The van der Waals surface area contributed by atoms with Crippen molar-refractivity contribution in [2.24, 2.45) is 0 Å². The summed E-state index contributed by atoms with van der Waals surface area (Å²) in [5, 5.41) is 54.6. The summed E-state index contributed by atoms with van der Waals surface area (Å²) in [6.45, 7) is 4.34. The molecule has 0 aromatic carbocycles. The molecule has 6 N–H and O–H groups in total. The molecule has 1 heterocycles. The second-order valence-corrected chi connectivity index (χ2v) is 27.0. The van der Waals surface area contributed by atoms with E-state index in [1.807, 2.05) is 6.08 Å². The average Bonchev–Trinajstić information content (AvgIpc) is 1.29. The molecule has 7 unspecified atom stereocenters. The monoisotopic (exact) mass is 1280 g/mol. The molecule has 0 saturated carbocycles. The van der Waals surface area contributed by atoms with Gasteiger partial charge >= 0.3 is 5.97 Å². The summed E-state index contributed by atoms with van der Waals surface area (Å²) in [5.74, 6) is -0.185. The van der Waals surface area contributed by atoms with Gasteiger partial charge in [0.05, 0.1) is 32.0 Å².